The Kier molecular flexibility index (Phi) is 7.42. The van der Waals surface area contributed by atoms with Crippen LogP contribution in [0.3, 0.4) is 0 Å². The lowest BCUT2D eigenvalue weighted by Crippen LogP contribution is -2.31. The molecule has 0 saturated heterocycles. The van der Waals surface area contributed by atoms with Crippen molar-refractivity contribution in [2.45, 2.75) is 6.42 Å². The quantitative estimate of drug-likeness (QED) is 0.332. The number of nitrogens with one attached hydrogen (secondary N) is 1. The van der Waals surface area contributed by atoms with E-state index in [9.17, 15) is 19.2 Å². The molecule has 3 rings (SSSR count). The maximum absolute atomic E-state index is 12.5. The molecule has 3 amide bonds. The largest absolute Gasteiger partial charge is 0.452 e. The Morgan fingerprint density at radius 1 is 1.10 bits per heavy atom. The van der Waals surface area contributed by atoms with Gasteiger partial charge in [-0.25, -0.2) is 4.79 Å². The fraction of sp³-hybridized carbons (Fsp3) is 0.238. The smallest absolute Gasteiger partial charge is 0.338 e. The highest BCUT2D eigenvalue weighted by Crippen LogP contribution is 2.26. The van der Waals surface area contributed by atoms with Gasteiger partial charge in [0, 0.05) is 30.4 Å². The van der Waals surface area contributed by atoms with Crippen LogP contribution >= 0.6 is 27.5 Å². The lowest BCUT2D eigenvalue weighted by atomic mass is 10.1. The monoisotopic (exact) mass is 508 g/mol. The number of methoxy groups -OCH3 is 1. The molecule has 2 aromatic rings. The molecule has 31 heavy (non-hydrogen) atoms. The zero-order chi connectivity index (χ0) is 22.5. The molecule has 1 aliphatic rings. The third-order valence-electron chi connectivity index (χ3n) is 4.47. The molecule has 162 valence electrons. The van der Waals surface area contributed by atoms with Crippen LogP contribution in [0.15, 0.2) is 40.9 Å². The molecule has 0 unspecified atom stereocenters. The van der Waals surface area contributed by atoms with E-state index in [4.69, 9.17) is 21.1 Å². The number of hydrogen-bond donors (Lipinski definition) is 1. The molecule has 8 nitrogen and oxygen atoms in total. The summed E-state index contributed by atoms with van der Waals surface area (Å²) < 4.78 is 10.6. The van der Waals surface area contributed by atoms with Gasteiger partial charge >= 0.3 is 5.97 Å². The van der Waals surface area contributed by atoms with Crippen LogP contribution in [-0.2, 0) is 14.3 Å². The predicted octanol–water partition coefficient (Wildman–Crippen LogP) is 3.53. The molecule has 0 saturated carbocycles. The van der Waals surface area contributed by atoms with E-state index in [-0.39, 0.29) is 23.2 Å². The van der Waals surface area contributed by atoms with Gasteiger partial charge in [-0.2, -0.15) is 0 Å². The molecule has 0 fully saturated rings. The molecule has 0 aromatic heterocycles. The number of esters is 1. The van der Waals surface area contributed by atoms with Crippen LogP contribution in [0.2, 0.25) is 5.02 Å². The molecule has 0 aliphatic carbocycles. The maximum atomic E-state index is 12.5. The van der Waals surface area contributed by atoms with Gasteiger partial charge in [0.25, 0.3) is 17.7 Å². The van der Waals surface area contributed by atoms with E-state index in [0.717, 1.165) is 4.90 Å². The Morgan fingerprint density at radius 3 is 2.55 bits per heavy atom. The van der Waals surface area contributed by atoms with Crippen LogP contribution in [0.4, 0.5) is 5.69 Å². The van der Waals surface area contributed by atoms with E-state index >= 15 is 0 Å². The summed E-state index contributed by atoms with van der Waals surface area (Å²) in [7, 11) is 1.54. The van der Waals surface area contributed by atoms with Gasteiger partial charge < -0.3 is 14.8 Å². The van der Waals surface area contributed by atoms with Gasteiger partial charge in [0.1, 0.15) is 0 Å². The summed E-state index contributed by atoms with van der Waals surface area (Å²) in [5, 5.41) is 2.98. The highest BCUT2D eigenvalue weighted by atomic mass is 79.9. The summed E-state index contributed by atoms with van der Waals surface area (Å²) in [6.45, 7) is 0.110. The molecule has 10 heteroatoms. The third kappa shape index (κ3) is 5.30. The summed E-state index contributed by atoms with van der Waals surface area (Å²) >= 11 is 9.23. The van der Waals surface area contributed by atoms with Crippen LogP contribution in [0.1, 0.15) is 37.5 Å². The summed E-state index contributed by atoms with van der Waals surface area (Å²) in [5.41, 5.74) is 0.872. The van der Waals surface area contributed by atoms with Crippen LogP contribution < -0.4 is 5.32 Å². The molecule has 0 spiro atoms. The number of anilines is 1. The Hall–Kier alpha value is -2.75. The molecular weight excluding hydrogens is 492 g/mol. The second-order valence-corrected chi connectivity index (χ2v) is 7.88. The van der Waals surface area contributed by atoms with Gasteiger partial charge in [-0.05, 0) is 58.7 Å². The lowest BCUT2D eigenvalue weighted by molar-refractivity contribution is -0.119. The number of imide groups is 1. The molecule has 0 radical (unpaired) electrons. The number of amides is 3. The molecule has 1 heterocycles. The van der Waals surface area contributed by atoms with E-state index in [1.54, 1.807) is 18.2 Å². The molecular formula is C21H18BrClN2O6. The average molecular weight is 510 g/mol. The van der Waals surface area contributed by atoms with Gasteiger partial charge in [0.15, 0.2) is 6.61 Å². The molecule has 1 N–H and O–H groups in total. The van der Waals surface area contributed by atoms with E-state index in [2.05, 4.69) is 21.2 Å². The maximum Gasteiger partial charge on any atom is 0.338 e. The standard InChI is InChI=1S/C21H18BrClN2O6/c1-30-8-2-7-25-19(27)14-5-3-12(9-15(14)20(25)28)21(29)31-11-18(26)24-13-4-6-16(22)17(23)10-13/h3-6,9-10H,2,7-8,11H2,1H3,(H,24,26). The zero-order valence-electron chi connectivity index (χ0n) is 16.4. The highest BCUT2D eigenvalue weighted by Gasteiger charge is 2.35. The summed E-state index contributed by atoms with van der Waals surface area (Å²) in [6, 6.07) is 8.96. The van der Waals surface area contributed by atoms with Gasteiger partial charge in [-0.15, -0.1) is 0 Å². The van der Waals surface area contributed by atoms with Crippen LogP contribution in [0, 0.1) is 0 Å². The molecule has 0 bridgehead atoms. The second kappa shape index (κ2) is 10.0. The number of fused-ring (bicyclic) bond motifs is 1. The Bertz CT molecular complexity index is 1060. The highest BCUT2D eigenvalue weighted by molar-refractivity contribution is 9.10. The van der Waals surface area contributed by atoms with E-state index in [1.165, 1.54) is 25.3 Å². The first-order valence-corrected chi connectivity index (χ1v) is 10.4. The number of hydrogen-bond acceptors (Lipinski definition) is 6. The second-order valence-electron chi connectivity index (χ2n) is 6.62. The number of rotatable bonds is 8. The number of carbonyl (C=O) groups is 4. The van der Waals surface area contributed by atoms with Gasteiger partial charge in [0.05, 0.1) is 21.7 Å². The van der Waals surface area contributed by atoms with Gasteiger partial charge in [-0.1, -0.05) is 11.6 Å². The van der Waals surface area contributed by atoms with Crippen molar-refractivity contribution in [3.05, 3.63) is 62.6 Å². The minimum absolute atomic E-state index is 0.0677. The van der Waals surface area contributed by atoms with Crippen LogP contribution in [0.5, 0.6) is 0 Å². The summed E-state index contributed by atoms with van der Waals surface area (Å²) in [6.07, 6.45) is 0.509. The number of halogens is 2. The topological polar surface area (TPSA) is 102 Å². The summed E-state index contributed by atoms with van der Waals surface area (Å²) in [4.78, 5) is 50.4. The van der Waals surface area contributed by atoms with Crippen LogP contribution in [0.25, 0.3) is 0 Å². The van der Waals surface area contributed by atoms with Gasteiger partial charge in [0.2, 0.25) is 0 Å². The summed E-state index contributed by atoms with van der Waals surface area (Å²) in [5.74, 6) is -2.23. The van der Waals surface area contributed by atoms with Crippen molar-refractivity contribution in [1.29, 1.82) is 0 Å². The Morgan fingerprint density at radius 2 is 1.84 bits per heavy atom. The van der Waals surface area contributed by atoms with Crippen molar-refractivity contribution in [2.75, 3.05) is 32.2 Å². The van der Waals surface area contributed by atoms with E-state index < -0.39 is 30.3 Å². The third-order valence-corrected chi connectivity index (χ3v) is 5.71. The van der Waals surface area contributed by atoms with Crippen molar-refractivity contribution < 1.29 is 28.7 Å². The first kappa shape index (κ1) is 22.9. The molecule has 0 atom stereocenters. The van der Waals surface area contributed by atoms with Crippen molar-refractivity contribution in [2.24, 2.45) is 0 Å². The fourth-order valence-corrected chi connectivity index (χ4v) is 3.40. The number of ether oxygens (including phenoxy) is 2. The Balaban J connectivity index is 1.61. The van der Waals surface area contributed by atoms with Crippen molar-refractivity contribution >= 4 is 56.9 Å². The number of nitrogens with zero attached hydrogens (tertiary/aromatic N) is 1. The van der Waals surface area contributed by atoms with Crippen molar-refractivity contribution in [3.63, 3.8) is 0 Å². The number of carbonyl (C=O) groups excluding carboxylic acids is 4. The van der Waals surface area contributed by atoms with Crippen molar-refractivity contribution in [3.8, 4) is 0 Å². The van der Waals surface area contributed by atoms with Crippen LogP contribution in [-0.4, -0.2) is 55.5 Å². The normalized spacial score (nSPS) is 12.7. The SMILES string of the molecule is COCCCN1C(=O)c2ccc(C(=O)OCC(=O)Nc3ccc(Br)c(Cl)c3)cc2C1=O. The van der Waals surface area contributed by atoms with Crippen molar-refractivity contribution in [1.82, 2.24) is 4.90 Å². The number of benzene rings is 2. The molecule has 1 aliphatic heterocycles. The van der Waals surface area contributed by atoms with E-state index in [1.807, 2.05) is 0 Å². The zero-order valence-corrected chi connectivity index (χ0v) is 18.8. The fourth-order valence-electron chi connectivity index (χ4n) is 2.97. The average Bonchev–Trinajstić information content (AvgIpc) is 2.99. The minimum Gasteiger partial charge on any atom is -0.452 e. The first-order valence-electron chi connectivity index (χ1n) is 9.23. The van der Waals surface area contributed by atoms with Gasteiger partial charge in [-0.3, -0.25) is 19.3 Å². The first-order chi connectivity index (χ1) is 14.8. The lowest BCUT2D eigenvalue weighted by Gasteiger charge is -2.12. The minimum atomic E-state index is -0.787. The predicted molar refractivity (Wildman–Crippen MR) is 116 cm³/mol. The Labute approximate surface area is 191 Å². The van der Waals surface area contributed by atoms with E-state index in [0.29, 0.717) is 28.2 Å². The molecule has 2 aromatic carbocycles.